The highest BCUT2D eigenvalue weighted by Gasteiger charge is 2.37. The number of piperidine rings is 1. The summed E-state index contributed by atoms with van der Waals surface area (Å²) < 4.78 is 33.5. The van der Waals surface area contributed by atoms with E-state index in [1.807, 2.05) is 0 Å². The van der Waals surface area contributed by atoms with Gasteiger partial charge < -0.3 is 10.1 Å². The molecule has 0 aromatic heterocycles. The van der Waals surface area contributed by atoms with E-state index in [9.17, 15) is 13.6 Å². The van der Waals surface area contributed by atoms with Crippen molar-refractivity contribution in [3.63, 3.8) is 0 Å². The normalized spacial score (nSPS) is 18.1. The van der Waals surface area contributed by atoms with Crippen LogP contribution in [0.2, 0.25) is 0 Å². The zero-order valence-electron chi connectivity index (χ0n) is 14.6. The maximum Gasteiger partial charge on any atom is 0.407 e. The number of alkyl halides is 2. The minimum Gasteiger partial charge on any atom is -0.444 e. The quantitative estimate of drug-likeness (QED) is 0.752. The zero-order valence-corrected chi connectivity index (χ0v) is 14.6. The SMILES string of the molecule is C=C/N=C(\C=C)C(F)(F)CN1CCC(NC(=O)OC(C)(C)C)CC1. The van der Waals surface area contributed by atoms with E-state index in [0.717, 1.165) is 12.3 Å². The van der Waals surface area contributed by atoms with Crippen molar-refractivity contribution >= 4 is 11.8 Å². The molecule has 1 aliphatic rings. The van der Waals surface area contributed by atoms with Crippen LogP contribution in [0.5, 0.6) is 0 Å². The Balaban J connectivity index is 2.48. The topological polar surface area (TPSA) is 53.9 Å². The molecule has 5 nitrogen and oxygen atoms in total. The fraction of sp³-hybridized carbons (Fsp3) is 0.647. The number of amides is 1. The average Bonchev–Trinajstić information content (AvgIpc) is 2.44. The van der Waals surface area contributed by atoms with Crippen molar-refractivity contribution < 1.29 is 18.3 Å². The summed E-state index contributed by atoms with van der Waals surface area (Å²) in [6.07, 6.45) is 2.85. The van der Waals surface area contributed by atoms with Crippen molar-refractivity contribution in [1.82, 2.24) is 10.2 Å². The molecule has 1 rings (SSSR count). The van der Waals surface area contributed by atoms with Gasteiger partial charge in [0.2, 0.25) is 0 Å². The fourth-order valence-electron chi connectivity index (χ4n) is 2.47. The van der Waals surface area contributed by atoms with Crippen LogP contribution in [0.4, 0.5) is 13.6 Å². The van der Waals surface area contributed by atoms with E-state index in [2.05, 4.69) is 23.5 Å². The Morgan fingerprint density at radius 3 is 2.38 bits per heavy atom. The predicted molar refractivity (Wildman–Crippen MR) is 91.6 cm³/mol. The molecule has 1 N–H and O–H groups in total. The lowest BCUT2D eigenvalue weighted by molar-refractivity contribution is 0.0207. The van der Waals surface area contributed by atoms with E-state index in [-0.39, 0.29) is 11.8 Å². The third kappa shape index (κ3) is 6.78. The fourth-order valence-corrected chi connectivity index (χ4v) is 2.47. The molecule has 1 aliphatic heterocycles. The Bertz CT molecular complexity index is 491. The van der Waals surface area contributed by atoms with Gasteiger partial charge >= 0.3 is 12.0 Å². The average molecular weight is 343 g/mol. The monoisotopic (exact) mass is 343 g/mol. The Morgan fingerprint density at radius 1 is 1.33 bits per heavy atom. The van der Waals surface area contributed by atoms with Gasteiger partial charge in [0.25, 0.3) is 0 Å². The molecule has 0 atom stereocenters. The van der Waals surface area contributed by atoms with Crippen LogP contribution >= 0.6 is 0 Å². The molecule has 7 heteroatoms. The van der Waals surface area contributed by atoms with Crippen LogP contribution in [0.15, 0.2) is 30.4 Å². The Labute approximate surface area is 142 Å². The minimum atomic E-state index is -3.08. The molecule has 1 heterocycles. The standard InChI is InChI=1S/C17H27F2N3O2/c1-6-14(20-7-2)17(18,19)12-22-10-8-13(9-11-22)21-15(23)24-16(3,4)5/h6-7,13H,1-2,8-12H2,3-5H3,(H,21,23)/b20-14+. The molecule has 0 radical (unpaired) electrons. The summed E-state index contributed by atoms with van der Waals surface area (Å²) in [4.78, 5) is 17.0. The number of halogens is 2. The van der Waals surface area contributed by atoms with Crippen LogP contribution in [-0.4, -0.2) is 53.9 Å². The molecule has 1 saturated heterocycles. The van der Waals surface area contributed by atoms with Gasteiger partial charge in [-0.25, -0.2) is 4.79 Å². The molecule has 0 bridgehead atoms. The number of hydrogen-bond acceptors (Lipinski definition) is 4. The largest absolute Gasteiger partial charge is 0.444 e. The number of rotatable bonds is 6. The maximum atomic E-state index is 14.2. The summed E-state index contributed by atoms with van der Waals surface area (Å²) in [6, 6.07) is -0.0644. The number of allylic oxidation sites excluding steroid dienone is 1. The Morgan fingerprint density at radius 2 is 1.92 bits per heavy atom. The second kappa shape index (κ2) is 8.37. The molecular weight excluding hydrogens is 316 g/mol. The number of nitrogens with one attached hydrogen (secondary N) is 1. The van der Waals surface area contributed by atoms with Crippen LogP contribution in [0, 0.1) is 0 Å². The lowest BCUT2D eigenvalue weighted by Crippen LogP contribution is -2.49. The van der Waals surface area contributed by atoms with E-state index in [4.69, 9.17) is 4.74 Å². The summed E-state index contributed by atoms with van der Waals surface area (Å²) in [7, 11) is 0. The first-order valence-corrected chi connectivity index (χ1v) is 7.98. The van der Waals surface area contributed by atoms with Gasteiger partial charge in [-0.05, 0) is 39.7 Å². The maximum absolute atomic E-state index is 14.2. The van der Waals surface area contributed by atoms with E-state index in [1.54, 1.807) is 25.7 Å². The number of likely N-dealkylation sites (tertiary alicyclic amines) is 1. The van der Waals surface area contributed by atoms with Gasteiger partial charge in [-0.15, -0.1) is 0 Å². The van der Waals surface area contributed by atoms with Gasteiger partial charge in [0.05, 0.1) is 6.54 Å². The molecule has 0 aromatic carbocycles. The smallest absolute Gasteiger partial charge is 0.407 e. The summed E-state index contributed by atoms with van der Waals surface area (Å²) >= 11 is 0. The number of carbonyl (C=O) groups excluding carboxylic acids is 1. The van der Waals surface area contributed by atoms with Crippen molar-refractivity contribution in [2.75, 3.05) is 19.6 Å². The number of alkyl carbamates (subject to hydrolysis) is 1. The highest BCUT2D eigenvalue weighted by atomic mass is 19.3. The molecule has 0 aromatic rings. The summed E-state index contributed by atoms with van der Waals surface area (Å²) in [5.41, 5.74) is -0.940. The van der Waals surface area contributed by atoms with E-state index >= 15 is 0 Å². The van der Waals surface area contributed by atoms with Crippen molar-refractivity contribution in [1.29, 1.82) is 0 Å². The van der Waals surface area contributed by atoms with Crippen molar-refractivity contribution in [3.05, 3.63) is 25.4 Å². The lowest BCUT2D eigenvalue weighted by atomic mass is 10.0. The van der Waals surface area contributed by atoms with E-state index < -0.39 is 24.2 Å². The molecule has 136 valence electrons. The number of hydrogen-bond donors (Lipinski definition) is 1. The number of ether oxygens (including phenoxy) is 1. The summed E-state index contributed by atoms with van der Waals surface area (Å²) in [5, 5.41) is 2.78. The molecular formula is C17H27F2N3O2. The molecule has 0 unspecified atom stereocenters. The van der Waals surface area contributed by atoms with Crippen LogP contribution in [0.25, 0.3) is 0 Å². The Kier molecular flexibility index (Phi) is 7.08. The van der Waals surface area contributed by atoms with Gasteiger partial charge in [0, 0.05) is 25.3 Å². The molecule has 0 aliphatic carbocycles. The van der Waals surface area contributed by atoms with Gasteiger partial charge in [-0.1, -0.05) is 13.2 Å². The molecule has 1 fully saturated rings. The first-order valence-electron chi connectivity index (χ1n) is 7.98. The van der Waals surface area contributed by atoms with Crippen LogP contribution < -0.4 is 5.32 Å². The van der Waals surface area contributed by atoms with Crippen molar-refractivity contribution in [2.24, 2.45) is 4.99 Å². The summed E-state index contributed by atoms with van der Waals surface area (Å²) in [6.45, 7) is 12.6. The van der Waals surface area contributed by atoms with Gasteiger partial charge in [0.1, 0.15) is 11.3 Å². The molecule has 24 heavy (non-hydrogen) atoms. The van der Waals surface area contributed by atoms with E-state index in [0.29, 0.717) is 25.9 Å². The minimum absolute atomic E-state index is 0.0644. The molecule has 0 saturated carbocycles. The first-order chi connectivity index (χ1) is 11.1. The Hall–Kier alpha value is -1.76. The van der Waals surface area contributed by atoms with Crippen LogP contribution in [0.3, 0.4) is 0 Å². The predicted octanol–water partition coefficient (Wildman–Crippen LogP) is 3.38. The third-order valence-corrected chi connectivity index (χ3v) is 3.53. The second-order valence-corrected chi connectivity index (χ2v) is 6.80. The third-order valence-electron chi connectivity index (χ3n) is 3.53. The summed E-state index contributed by atoms with van der Waals surface area (Å²) in [5.74, 6) is -3.08. The first kappa shape index (κ1) is 20.3. The van der Waals surface area contributed by atoms with Gasteiger partial charge in [0.15, 0.2) is 0 Å². The number of aliphatic imine (C=N–C) groups is 1. The zero-order chi connectivity index (χ0) is 18.4. The lowest BCUT2D eigenvalue weighted by Gasteiger charge is -2.34. The number of carbonyl (C=O) groups is 1. The number of nitrogens with zero attached hydrogens (tertiary/aromatic N) is 2. The van der Waals surface area contributed by atoms with Crippen LogP contribution in [0.1, 0.15) is 33.6 Å². The highest BCUT2D eigenvalue weighted by molar-refractivity contribution is 6.00. The highest BCUT2D eigenvalue weighted by Crippen LogP contribution is 2.22. The molecule has 1 amide bonds. The van der Waals surface area contributed by atoms with Crippen LogP contribution in [-0.2, 0) is 4.74 Å². The van der Waals surface area contributed by atoms with Crippen molar-refractivity contribution in [3.8, 4) is 0 Å². The van der Waals surface area contributed by atoms with Gasteiger partial charge in [-0.2, -0.15) is 8.78 Å². The second-order valence-electron chi connectivity index (χ2n) is 6.80. The van der Waals surface area contributed by atoms with Gasteiger partial charge in [-0.3, -0.25) is 9.89 Å². The van der Waals surface area contributed by atoms with Crippen molar-refractivity contribution in [2.45, 2.75) is 51.2 Å². The molecule has 0 spiro atoms. The van der Waals surface area contributed by atoms with E-state index in [1.165, 1.54) is 0 Å².